The molecule has 0 unspecified atom stereocenters. The molecular weight excluding hydrogens is 316 g/mol. The third-order valence-electron chi connectivity index (χ3n) is 3.63. The second-order valence-electron chi connectivity index (χ2n) is 5.01. The van der Waals surface area contributed by atoms with E-state index in [2.05, 4.69) is 0 Å². The predicted molar refractivity (Wildman–Crippen MR) is 86.7 cm³/mol. The van der Waals surface area contributed by atoms with E-state index in [0.717, 1.165) is 11.1 Å². The molecule has 126 valence electrons. The van der Waals surface area contributed by atoms with Gasteiger partial charge in [-0.05, 0) is 36.1 Å². The summed E-state index contributed by atoms with van der Waals surface area (Å²) in [5.41, 5.74) is 1.54. The number of hydrogen-bond acceptors (Lipinski definition) is 6. The number of nitrogens with zero attached hydrogens (tertiary/aromatic N) is 2. The van der Waals surface area contributed by atoms with Gasteiger partial charge < -0.3 is 9.47 Å². The lowest BCUT2D eigenvalue weighted by molar-refractivity contribution is -0.385. The fourth-order valence-electron chi connectivity index (χ4n) is 2.38. The van der Waals surface area contributed by atoms with Gasteiger partial charge in [0.2, 0.25) is 0 Å². The molecule has 2 aromatic rings. The highest BCUT2D eigenvalue weighted by atomic mass is 16.6. The zero-order chi connectivity index (χ0) is 17.7. The van der Waals surface area contributed by atoms with Crippen molar-refractivity contribution in [2.24, 2.45) is 0 Å². The maximum atomic E-state index is 10.8. The second-order valence-corrected chi connectivity index (χ2v) is 5.01. The summed E-state index contributed by atoms with van der Waals surface area (Å²) in [4.78, 5) is 20.7. The number of aryl methyl sites for hydroxylation is 2. The van der Waals surface area contributed by atoms with E-state index in [4.69, 9.17) is 9.47 Å². The van der Waals surface area contributed by atoms with Crippen LogP contribution in [-0.4, -0.2) is 24.1 Å². The van der Waals surface area contributed by atoms with E-state index in [1.165, 1.54) is 38.5 Å². The van der Waals surface area contributed by atoms with E-state index < -0.39 is 9.85 Å². The van der Waals surface area contributed by atoms with Crippen molar-refractivity contribution in [1.82, 2.24) is 0 Å². The lowest BCUT2D eigenvalue weighted by atomic mass is 10.0. The molecule has 8 heteroatoms. The summed E-state index contributed by atoms with van der Waals surface area (Å²) in [5, 5.41) is 21.6. The number of ether oxygens (including phenoxy) is 2. The highest BCUT2D eigenvalue weighted by Gasteiger charge is 2.14. The zero-order valence-corrected chi connectivity index (χ0v) is 13.2. The SMILES string of the molecule is COc1cc([N+](=O)[O-])ccc1CCc1ccc([N+](=O)[O-])cc1OC. The van der Waals surface area contributed by atoms with Gasteiger partial charge in [-0.15, -0.1) is 0 Å². The van der Waals surface area contributed by atoms with E-state index in [0.29, 0.717) is 24.3 Å². The van der Waals surface area contributed by atoms with Gasteiger partial charge in [-0.25, -0.2) is 0 Å². The molecule has 0 aromatic heterocycles. The molecule has 2 rings (SSSR count). The molecule has 0 saturated carbocycles. The van der Waals surface area contributed by atoms with Crippen molar-refractivity contribution in [1.29, 1.82) is 0 Å². The van der Waals surface area contributed by atoms with Gasteiger partial charge in [-0.3, -0.25) is 20.2 Å². The van der Waals surface area contributed by atoms with Crippen molar-refractivity contribution in [3.63, 3.8) is 0 Å². The number of nitro benzene ring substituents is 2. The Labute approximate surface area is 137 Å². The zero-order valence-electron chi connectivity index (χ0n) is 13.2. The van der Waals surface area contributed by atoms with Crippen molar-refractivity contribution in [2.45, 2.75) is 12.8 Å². The van der Waals surface area contributed by atoms with Crippen LogP contribution in [0.4, 0.5) is 11.4 Å². The van der Waals surface area contributed by atoms with Crippen molar-refractivity contribution >= 4 is 11.4 Å². The summed E-state index contributed by atoms with van der Waals surface area (Å²) in [7, 11) is 2.91. The van der Waals surface area contributed by atoms with E-state index in [1.54, 1.807) is 12.1 Å². The fourth-order valence-corrected chi connectivity index (χ4v) is 2.38. The van der Waals surface area contributed by atoms with Crippen molar-refractivity contribution in [3.8, 4) is 11.5 Å². The molecule has 2 aromatic carbocycles. The van der Waals surface area contributed by atoms with Crippen LogP contribution in [0.3, 0.4) is 0 Å². The van der Waals surface area contributed by atoms with Crippen LogP contribution in [-0.2, 0) is 12.8 Å². The summed E-state index contributed by atoms with van der Waals surface area (Å²) in [6.07, 6.45) is 1.10. The third kappa shape index (κ3) is 3.78. The van der Waals surface area contributed by atoms with Gasteiger partial charge in [0.15, 0.2) is 0 Å². The largest absolute Gasteiger partial charge is 0.496 e. The Bertz CT molecular complexity index is 710. The standard InChI is InChI=1S/C16H16N2O6/c1-23-15-9-13(17(19)20)7-5-11(15)3-4-12-6-8-14(18(21)22)10-16(12)24-2/h5-10H,3-4H2,1-2H3. The van der Waals surface area contributed by atoms with Gasteiger partial charge in [-0.1, -0.05) is 0 Å². The number of nitro groups is 2. The molecule has 0 aliphatic heterocycles. The molecule has 8 nitrogen and oxygen atoms in total. The topological polar surface area (TPSA) is 105 Å². The first-order valence-electron chi connectivity index (χ1n) is 7.09. The van der Waals surface area contributed by atoms with Crippen LogP contribution in [0.2, 0.25) is 0 Å². The first-order chi connectivity index (χ1) is 11.5. The first kappa shape index (κ1) is 17.2. The lowest BCUT2D eigenvalue weighted by Crippen LogP contribution is -2.00. The molecule has 0 aliphatic rings. The summed E-state index contributed by atoms with van der Waals surface area (Å²) >= 11 is 0. The Hall–Kier alpha value is -3.16. The molecule has 0 radical (unpaired) electrons. The lowest BCUT2D eigenvalue weighted by Gasteiger charge is -2.11. The Kier molecular flexibility index (Phi) is 5.31. The first-order valence-corrected chi connectivity index (χ1v) is 7.09. The molecule has 0 saturated heterocycles. The minimum atomic E-state index is -0.481. The number of hydrogen-bond donors (Lipinski definition) is 0. The molecule has 0 heterocycles. The summed E-state index contributed by atoms with van der Waals surface area (Å²) in [6.45, 7) is 0. The van der Waals surface area contributed by atoms with Crippen molar-refractivity contribution in [3.05, 3.63) is 67.8 Å². The number of non-ortho nitro benzene ring substituents is 2. The van der Waals surface area contributed by atoms with Gasteiger partial charge in [0, 0.05) is 12.1 Å². The van der Waals surface area contributed by atoms with Crippen LogP contribution in [0.5, 0.6) is 11.5 Å². The number of methoxy groups -OCH3 is 2. The minimum absolute atomic E-state index is 0.0384. The summed E-state index contributed by atoms with van der Waals surface area (Å²) in [5.74, 6) is 0.871. The van der Waals surface area contributed by atoms with Gasteiger partial charge in [0.25, 0.3) is 11.4 Å². The molecule has 0 fully saturated rings. The van der Waals surface area contributed by atoms with Gasteiger partial charge in [0.05, 0.1) is 36.2 Å². The molecule has 0 spiro atoms. The molecular formula is C16H16N2O6. The van der Waals surface area contributed by atoms with Gasteiger partial charge in [0.1, 0.15) is 11.5 Å². The quantitative estimate of drug-likeness (QED) is 0.569. The van der Waals surface area contributed by atoms with Crippen molar-refractivity contribution in [2.75, 3.05) is 14.2 Å². The Balaban J connectivity index is 2.21. The van der Waals surface area contributed by atoms with Crippen LogP contribution in [0.1, 0.15) is 11.1 Å². The van der Waals surface area contributed by atoms with Crippen molar-refractivity contribution < 1.29 is 19.3 Å². The van der Waals surface area contributed by atoms with Crippen LogP contribution in [0.25, 0.3) is 0 Å². The van der Waals surface area contributed by atoms with Crippen LogP contribution in [0.15, 0.2) is 36.4 Å². The van der Waals surface area contributed by atoms with Crippen LogP contribution >= 0.6 is 0 Å². The number of rotatable bonds is 7. The Morgan fingerprint density at radius 3 is 1.46 bits per heavy atom. The third-order valence-corrected chi connectivity index (χ3v) is 3.63. The summed E-state index contributed by atoms with van der Waals surface area (Å²) in [6, 6.07) is 8.89. The van der Waals surface area contributed by atoms with E-state index in [9.17, 15) is 20.2 Å². The monoisotopic (exact) mass is 332 g/mol. The fraction of sp³-hybridized carbons (Fsp3) is 0.250. The van der Waals surface area contributed by atoms with E-state index in [1.807, 2.05) is 0 Å². The Morgan fingerprint density at radius 1 is 0.792 bits per heavy atom. The molecule has 24 heavy (non-hydrogen) atoms. The molecule has 0 bridgehead atoms. The average Bonchev–Trinajstić information content (AvgIpc) is 2.59. The van der Waals surface area contributed by atoms with Gasteiger partial charge in [-0.2, -0.15) is 0 Å². The van der Waals surface area contributed by atoms with Crippen LogP contribution in [0, 0.1) is 20.2 Å². The normalized spacial score (nSPS) is 10.2. The summed E-state index contributed by atoms with van der Waals surface area (Å²) < 4.78 is 10.4. The van der Waals surface area contributed by atoms with E-state index in [-0.39, 0.29) is 11.4 Å². The molecule has 0 N–H and O–H groups in total. The predicted octanol–water partition coefficient (Wildman–Crippen LogP) is 3.31. The maximum absolute atomic E-state index is 10.8. The highest BCUT2D eigenvalue weighted by Crippen LogP contribution is 2.29. The second kappa shape index (κ2) is 7.40. The van der Waals surface area contributed by atoms with Crippen LogP contribution < -0.4 is 9.47 Å². The number of benzene rings is 2. The Morgan fingerprint density at radius 2 is 1.17 bits per heavy atom. The smallest absolute Gasteiger partial charge is 0.273 e. The molecule has 0 aliphatic carbocycles. The molecule has 0 amide bonds. The maximum Gasteiger partial charge on any atom is 0.273 e. The average molecular weight is 332 g/mol. The minimum Gasteiger partial charge on any atom is -0.496 e. The molecule has 0 atom stereocenters. The van der Waals surface area contributed by atoms with Gasteiger partial charge >= 0.3 is 0 Å². The highest BCUT2D eigenvalue weighted by molar-refractivity contribution is 5.47. The van der Waals surface area contributed by atoms with E-state index >= 15 is 0 Å².